The van der Waals surface area contributed by atoms with E-state index in [2.05, 4.69) is 20.6 Å². The lowest BCUT2D eigenvalue weighted by molar-refractivity contribution is 0.601. The molecule has 0 fully saturated rings. The van der Waals surface area contributed by atoms with Gasteiger partial charge in [-0.05, 0) is 24.3 Å². The molecule has 0 aliphatic heterocycles. The Bertz CT molecular complexity index is 1250. The summed E-state index contributed by atoms with van der Waals surface area (Å²) in [6.07, 6.45) is 3.47. The molecule has 0 aliphatic carbocycles. The van der Waals surface area contributed by atoms with Gasteiger partial charge in [-0.25, -0.2) is 13.4 Å². The van der Waals surface area contributed by atoms with Crippen LogP contribution in [-0.4, -0.2) is 43.0 Å². The van der Waals surface area contributed by atoms with E-state index in [0.717, 1.165) is 22.2 Å². The number of thioether (sulfide) groups is 2. The van der Waals surface area contributed by atoms with Crippen molar-refractivity contribution in [2.24, 2.45) is 0 Å². The normalized spacial score (nSPS) is 12.0. The molecule has 3 aromatic rings. The van der Waals surface area contributed by atoms with Crippen molar-refractivity contribution in [3.63, 3.8) is 0 Å². The molecule has 12 heteroatoms. The van der Waals surface area contributed by atoms with Crippen molar-refractivity contribution in [3.05, 3.63) is 86.7 Å². The van der Waals surface area contributed by atoms with Crippen molar-refractivity contribution in [3.8, 4) is 6.07 Å². The van der Waals surface area contributed by atoms with Gasteiger partial charge in [0.15, 0.2) is 4.91 Å². The summed E-state index contributed by atoms with van der Waals surface area (Å²) in [5.41, 5.74) is 0.801. The third kappa shape index (κ3) is 8.44. The fourth-order valence-corrected chi connectivity index (χ4v) is 6.79. The highest BCUT2D eigenvalue weighted by Crippen LogP contribution is 2.21. The number of nitrogens with one attached hydrogen (secondary N) is 2. The molecule has 0 amide bonds. The largest absolute Gasteiger partial charge is 0.369 e. The maximum absolute atomic E-state index is 13.2. The van der Waals surface area contributed by atoms with Crippen LogP contribution in [0, 0.1) is 11.3 Å². The van der Waals surface area contributed by atoms with E-state index >= 15 is 0 Å². The van der Waals surface area contributed by atoms with E-state index < -0.39 is 9.84 Å². The van der Waals surface area contributed by atoms with Crippen LogP contribution in [0.4, 0.5) is 0 Å². The Balaban J connectivity index is 1.64. The Morgan fingerprint density at radius 2 is 1.71 bits per heavy atom. The molecule has 0 saturated heterocycles. The van der Waals surface area contributed by atoms with Crippen LogP contribution in [0.15, 0.2) is 75.9 Å². The van der Waals surface area contributed by atoms with Gasteiger partial charge in [0.25, 0.3) is 0 Å². The second-order valence-electron chi connectivity index (χ2n) is 6.95. The van der Waals surface area contributed by atoms with E-state index in [1.165, 1.54) is 12.1 Å². The summed E-state index contributed by atoms with van der Waals surface area (Å²) in [4.78, 5) is 8.28. The monoisotopic (exact) mass is 565 g/mol. The molecule has 0 aliphatic rings. The van der Waals surface area contributed by atoms with Crippen LogP contribution in [-0.2, 0) is 21.3 Å². The van der Waals surface area contributed by atoms with E-state index in [-0.39, 0.29) is 15.6 Å². The van der Waals surface area contributed by atoms with E-state index in [4.69, 9.17) is 11.6 Å². The molecule has 1 aromatic carbocycles. The molecule has 184 valence electrons. The maximum Gasteiger partial charge on any atom is 0.220 e. The van der Waals surface area contributed by atoms with Gasteiger partial charge in [0, 0.05) is 53.9 Å². The molecule has 0 atom stereocenters. The molecule has 2 aromatic heterocycles. The minimum atomic E-state index is -3.98. The predicted molar refractivity (Wildman–Crippen MR) is 146 cm³/mol. The van der Waals surface area contributed by atoms with Gasteiger partial charge in [-0.2, -0.15) is 28.8 Å². The molecule has 0 spiro atoms. The van der Waals surface area contributed by atoms with Gasteiger partial charge in [0.2, 0.25) is 9.84 Å². The maximum atomic E-state index is 13.2. The van der Waals surface area contributed by atoms with Crippen molar-refractivity contribution in [1.82, 2.24) is 20.6 Å². The Labute approximate surface area is 223 Å². The SMILES string of the molecule is N#C/C(=C(/NCCSCc1nccs1)NCCSCc1ncccc1Cl)S(=O)(=O)c1ccccc1. The highest BCUT2D eigenvalue weighted by Gasteiger charge is 2.25. The second-order valence-corrected chi connectivity index (χ2v) is 12.4. The molecule has 2 N–H and O–H groups in total. The van der Waals surface area contributed by atoms with Crippen LogP contribution in [0.3, 0.4) is 0 Å². The lowest BCUT2D eigenvalue weighted by atomic mass is 10.4. The number of nitrogens with zero attached hydrogens (tertiary/aromatic N) is 3. The second kappa shape index (κ2) is 14.4. The fourth-order valence-electron chi connectivity index (χ4n) is 2.86. The summed E-state index contributed by atoms with van der Waals surface area (Å²) in [5, 5.41) is 19.6. The van der Waals surface area contributed by atoms with Crippen LogP contribution in [0.25, 0.3) is 0 Å². The Kier molecular flexibility index (Phi) is 11.2. The third-order valence-electron chi connectivity index (χ3n) is 4.53. The first kappa shape index (κ1) is 27.4. The zero-order chi connectivity index (χ0) is 24.9. The third-order valence-corrected chi connectivity index (χ3v) is 9.50. The van der Waals surface area contributed by atoms with E-state index in [0.29, 0.717) is 29.6 Å². The predicted octanol–water partition coefficient (Wildman–Crippen LogP) is 4.70. The summed E-state index contributed by atoms with van der Waals surface area (Å²) in [6.45, 7) is 0.948. The molecule has 0 bridgehead atoms. The van der Waals surface area contributed by atoms with Crippen LogP contribution < -0.4 is 10.6 Å². The number of thiazole rings is 1. The highest BCUT2D eigenvalue weighted by molar-refractivity contribution is 7.98. The van der Waals surface area contributed by atoms with E-state index in [1.54, 1.807) is 77.6 Å². The number of hydrogen-bond donors (Lipinski definition) is 2. The number of rotatable bonds is 14. The average Bonchev–Trinajstić information content (AvgIpc) is 3.38. The highest BCUT2D eigenvalue weighted by atomic mass is 35.5. The molecule has 35 heavy (non-hydrogen) atoms. The summed E-state index contributed by atoms with van der Waals surface area (Å²) in [5.74, 6) is 3.02. The molecule has 3 rings (SSSR count). The van der Waals surface area contributed by atoms with E-state index in [1.807, 2.05) is 11.4 Å². The zero-order valence-electron chi connectivity index (χ0n) is 18.7. The molecule has 0 radical (unpaired) electrons. The summed E-state index contributed by atoms with van der Waals surface area (Å²) < 4.78 is 26.3. The molecule has 7 nitrogen and oxygen atoms in total. The molecular weight excluding hydrogens is 542 g/mol. The number of pyridine rings is 1. The van der Waals surface area contributed by atoms with Gasteiger partial charge < -0.3 is 10.6 Å². The van der Waals surface area contributed by atoms with Crippen LogP contribution >= 0.6 is 46.5 Å². The molecule has 2 heterocycles. The lowest BCUT2D eigenvalue weighted by Crippen LogP contribution is -2.32. The van der Waals surface area contributed by atoms with Crippen LogP contribution in [0.2, 0.25) is 5.02 Å². The van der Waals surface area contributed by atoms with Gasteiger partial charge in [-0.3, -0.25) is 4.98 Å². The lowest BCUT2D eigenvalue weighted by Gasteiger charge is -2.16. The minimum absolute atomic E-state index is 0.0787. The number of halogens is 1. The summed E-state index contributed by atoms with van der Waals surface area (Å²) in [6, 6.07) is 13.5. The van der Waals surface area contributed by atoms with Crippen molar-refractivity contribution in [2.45, 2.75) is 16.4 Å². The average molecular weight is 566 g/mol. The number of allylic oxidation sites excluding steroid dienone is 1. The van der Waals surface area contributed by atoms with Crippen LogP contribution in [0.5, 0.6) is 0 Å². The molecule has 0 unspecified atom stereocenters. The van der Waals surface area contributed by atoms with Gasteiger partial charge in [-0.1, -0.05) is 29.8 Å². The smallest absolute Gasteiger partial charge is 0.220 e. The summed E-state index contributed by atoms with van der Waals surface area (Å²) in [7, 11) is -3.98. The van der Waals surface area contributed by atoms with Crippen molar-refractivity contribution in [2.75, 3.05) is 24.6 Å². The first-order chi connectivity index (χ1) is 17.0. The van der Waals surface area contributed by atoms with Crippen LogP contribution in [0.1, 0.15) is 10.7 Å². The van der Waals surface area contributed by atoms with Gasteiger partial charge >= 0.3 is 0 Å². The number of aromatic nitrogens is 2. The number of hydrogen-bond acceptors (Lipinski definition) is 10. The van der Waals surface area contributed by atoms with Gasteiger partial charge in [0.05, 0.1) is 15.6 Å². The summed E-state index contributed by atoms with van der Waals surface area (Å²) >= 11 is 11.1. The first-order valence-electron chi connectivity index (χ1n) is 10.6. The molecular formula is C23H24ClN5O2S4. The first-order valence-corrected chi connectivity index (χ1v) is 15.6. The Morgan fingerprint density at radius 3 is 2.34 bits per heavy atom. The van der Waals surface area contributed by atoms with Crippen molar-refractivity contribution >= 4 is 56.3 Å². The number of benzene rings is 1. The van der Waals surface area contributed by atoms with Crippen molar-refractivity contribution < 1.29 is 8.42 Å². The van der Waals surface area contributed by atoms with Gasteiger partial charge in [-0.15, -0.1) is 11.3 Å². The number of nitriles is 1. The fraction of sp³-hybridized carbons (Fsp3) is 0.261. The van der Waals surface area contributed by atoms with Gasteiger partial charge in [0.1, 0.15) is 16.9 Å². The van der Waals surface area contributed by atoms with Crippen molar-refractivity contribution in [1.29, 1.82) is 5.26 Å². The topological polar surface area (TPSA) is 108 Å². The Morgan fingerprint density at radius 1 is 1.00 bits per heavy atom. The standard InChI is InChI=1S/C23H24ClN5O2S4/c24-19-7-4-8-26-20(19)16-32-12-9-28-23(29-10-13-33-17-22-27-11-14-34-22)21(15-25)35(30,31)18-5-2-1-3-6-18/h1-8,11,14,28-29H,9-10,12-13,16-17H2/b23-21-. The molecule has 0 saturated carbocycles. The zero-order valence-corrected chi connectivity index (χ0v) is 22.7. The number of sulfone groups is 1. The quantitative estimate of drug-likeness (QED) is 0.212. The van der Waals surface area contributed by atoms with E-state index in [9.17, 15) is 13.7 Å². The minimum Gasteiger partial charge on any atom is -0.369 e. The Hall–Kier alpha value is -2.23.